The average Bonchev–Trinajstić information content (AvgIpc) is 2.30. The van der Waals surface area contributed by atoms with Crippen molar-refractivity contribution in [1.29, 1.82) is 0 Å². The third-order valence-corrected chi connectivity index (χ3v) is 3.98. The van der Waals surface area contributed by atoms with E-state index in [1.54, 1.807) is 0 Å². The van der Waals surface area contributed by atoms with E-state index in [0.29, 0.717) is 5.92 Å². The van der Waals surface area contributed by atoms with Crippen molar-refractivity contribution in [2.75, 3.05) is 13.1 Å². The Hall–Kier alpha value is -0.410. The summed E-state index contributed by atoms with van der Waals surface area (Å²) in [6, 6.07) is 4.28. The van der Waals surface area contributed by atoms with Gasteiger partial charge in [-0.15, -0.1) is 0 Å². The van der Waals surface area contributed by atoms with E-state index in [9.17, 15) is 0 Å². The third kappa shape index (κ3) is 3.52. The number of nitrogens with one attached hydrogen (secondary N) is 1. The molecule has 2 rings (SSSR count). The summed E-state index contributed by atoms with van der Waals surface area (Å²) in [5.41, 5.74) is 1.26. The van der Waals surface area contributed by atoms with Crippen LogP contribution < -0.4 is 5.32 Å². The molecule has 2 nitrogen and oxygen atoms in total. The molecule has 1 aromatic rings. The highest BCUT2D eigenvalue weighted by Crippen LogP contribution is 2.33. The second-order valence-electron chi connectivity index (χ2n) is 5.39. The minimum absolute atomic E-state index is 0.631. The van der Waals surface area contributed by atoms with Gasteiger partial charge in [0.25, 0.3) is 0 Å². The number of piperidine rings is 1. The highest BCUT2D eigenvalue weighted by Gasteiger charge is 2.27. The predicted octanol–water partition coefficient (Wildman–Crippen LogP) is 3.58. The largest absolute Gasteiger partial charge is 0.316 e. The summed E-state index contributed by atoms with van der Waals surface area (Å²) in [7, 11) is 0. The summed E-state index contributed by atoms with van der Waals surface area (Å²) in [5.74, 6) is 2.13. The van der Waals surface area contributed by atoms with E-state index < -0.39 is 0 Å². The van der Waals surface area contributed by atoms with Crippen LogP contribution in [-0.4, -0.2) is 18.1 Å². The van der Waals surface area contributed by atoms with Crippen LogP contribution in [0.4, 0.5) is 0 Å². The van der Waals surface area contributed by atoms with Gasteiger partial charge in [0.1, 0.15) is 0 Å². The summed E-state index contributed by atoms with van der Waals surface area (Å²) < 4.78 is 1.07. The summed E-state index contributed by atoms with van der Waals surface area (Å²) in [5, 5.41) is 3.51. The first kappa shape index (κ1) is 13.0. The smallest absolute Gasteiger partial charge is 0.0439 e. The minimum atomic E-state index is 0.631. The molecule has 1 aliphatic heterocycles. The van der Waals surface area contributed by atoms with Gasteiger partial charge >= 0.3 is 0 Å². The van der Waals surface area contributed by atoms with Crippen molar-refractivity contribution in [2.24, 2.45) is 11.8 Å². The topological polar surface area (TPSA) is 24.9 Å². The van der Waals surface area contributed by atoms with Crippen molar-refractivity contribution in [3.63, 3.8) is 0 Å². The number of nitrogens with zero attached hydrogens (tertiary/aromatic N) is 1. The summed E-state index contributed by atoms with van der Waals surface area (Å²) in [6.45, 7) is 6.87. The summed E-state index contributed by atoms with van der Waals surface area (Å²) >= 11 is 3.45. The Kier molecular flexibility index (Phi) is 4.57. The standard InChI is InChI=1S/C14H21BrN2/c1-10(2)7-11-8-16-6-5-13(11)14-4-3-12(15)9-17-14/h3-4,9-11,13,16H,5-8H2,1-2H3. The lowest BCUT2D eigenvalue weighted by Crippen LogP contribution is -2.36. The van der Waals surface area contributed by atoms with E-state index in [1.807, 2.05) is 6.20 Å². The molecule has 1 fully saturated rings. The van der Waals surface area contributed by atoms with Gasteiger partial charge in [0, 0.05) is 22.3 Å². The Morgan fingerprint density at radius 1 is 1.47 bits per heavy atom. The van der Waals surface area contributed by atoms with Crippen LogP contribution in [0.2, 0.25) is 0 Å². The zero-order valence-electron chi connectivity index (χ0n) is 10.6. The van der Waals surface area contributed by atoms with Crippen LogP contribution >= 0.6 is 15.9 Å². The lowest BCUT2D eigenvalue weighted by atomic mass is 9.79. The fourth-order valence-electron chi connectivity index (χ4n) is 2.77. The molecule has 0 radical (unpaired) electrons. The molecule has 2 heterocycles. The lowest BCUT2D eigenvalue weighted by molar-refractivity contribution is 0.276. The molecule has 0 amide bonds. The van der Waals surface area contributed by atoms with Crippen molar-refractivity contribution in [3.05, 3.63) is 28.5 Å². The van der Waals surface area contributed by atoms with Gasteiger partial charge in [0.2, 0.25) is 0 Å². The molecule has 1 aromatic heterocycles. The number of pyridine rings is 1. The molecule has 0 saturated carbocycles. The Morgan fingerprint density at radius 3 is 2.94 bits per heavy atom. The highest BCUT2D eigenvalue weighted by atomic mass is 79.9. The normalized spacial score (nSPS) is 25.2. The van der Waals surface area contributed by atoms with E-state index in [1.165, 1.54) is 18.5 Å². The molecule has 0 spiro atoms. The first-order valence-corrected chi connectivity index (χ1v) is 7.28. The SMILES string of the molecule is CC(C)CC1CNCCC1c1ccc(Br)cn1. The van der Waals surface area contributed by atoms with E-state index in [-0.39, 0.29) is 0 Å². The Balaban J connectivity index is 2.12. The van der Waals surface area contributed by atoms with Crippen molar-refractivity contribution < 1.29 is 0 Å². The van der Waals surface area contributed by atoms with Gasteiger partial charge in [-0.25, -0.2) is 0 Å². The van der Waals surface area contributed by atoms with Gasteiger partial charge in [0.15, 0.2) is 0 Å². The maximum Gasteiger partial charge on any atom is 0.0439 e. The van der Waals surface area contributed by atoms with Crippen LogP contribution in [0.15, 0.2) is 22.8 Å². The van der Waals surface area contributed by atoms with E-state index >= 15 is 0 Å². The molecule has 17 heavy (non-hydrogen) atoms. The Labute approximate surface area is 112 Å². The number of halogens is 1. The van der Waals surface area contributed by atoms with Gasteiger partial charge in [-0.05, 0) is 65.8 Å². The maximum atomic E-state index is 4.58. The summed E-state index contributed by atoms with van der Waals surface area (Å²) in [4.78, 5) is 4.58. The van der Waals surface area contributed by atoms with Gasteiger partial charge in [-0.1, -0.05) is 13.8 Å². The molecule has 2 atom stereocenters. The van der Waals surface area contributed by atoms with Crippen LogP contribution in [-0.2, 0) is 0 Å². The fourth-order valence-corrected chi connectivity index (χ4v) is 3.01. The fraction of sp³-hybridized carbons (Fsp3) is 0.643. The second-order valence-corrected chi connectivity index (χ2v) is 6.31. The minimum Gasteiger partial charge on any atom is -0.316 e. The third-order valence-electron chi connectivity index (χ3n) is 3.51. The summed E-state index contributed by atoms with van der Waals surface area (Å²) in [6.07, 6.45) is 4.42. The van der Waals surface area contributed by atoms with E-state index in [4.69, 9.17) is 0 Å². The molecule has 0 aliphatic carbocycles. The van der Waals surface area contributed by atoms with Crippen LogP contribution in [0.25, 0.3) is 0 Å². The molecular formula is C14H21BrN2. The van der Waals surface area contributed by atoms with Crippen LogP contribution in [0.5, 0.6) is 0 Å². The Bertz CT molecular complexity index is 348. The molecule has 1 N–H and O–H groups in total. The zero-order valence-corrected chi connectivity index (χ0v) is 12.2. The van der Waals surface area contributed by atoms with Crippen molar-refractivity contribution >= 4 is 15.9 Å². The van der Waals surface area contributed by atoms with Gasteiger partial charge in [0.05, 0.1) is 0 Å². The molecule has 2 unspecified atom stereocenters. The predicted molar refractivity (Wildman–Crippen MR) is 75.1 cm³/mol. The van der Waals surface area contributed by atoms with Crippen LogP contribution in [0.1, 0.15) is 38.3 Å². The van der Waals surface area contributed by atoms with E-state index in [2.05, 4.69) is 52.2 Å². The molecule has 1 saturated heterocycles. The molecule has 0 bridgehead atoms. The molecule has 1 aliphatic rings. The molecule has 0 aromatic carbocycles. The number of hydrogen-bond donors (Lipinski definition) is 1. The van der Waals surface area contributed by atoms with E-state index in [0.717, 1.165) is 29.4 Å². The van der Waals surface area contributed by atoms with Gasteiger partial charge in [-0.3, -0.25) is 4.98 Å². The molecular weight excluding hydrogens is 276 g/mol. The first-order valence-electron chi connectivity index (χ1n) is 6.49. The number of aromatic nitrogens is 1. The van der Waals surface area contributed by atoms with Crippen molar-refractivity contribution in [3.8, 4) is 0 Å². The monoisotopic (exact) mass is 296 g/mol. The van der Waals surface area contributed by atoms with Crippen molar-refractivity contribution in [1.82, 2.24) is 10.3 Å². The zero-order chi connectivity index (χ0) is 12.3. The highest BCUT2D eigenvalue weighted by molar-refractivity contribution is 9.10. The Morgan fingerprint density at radius 2 is 2.29 bits per heavy atom. The van der Waals surface area contributed by atoms with Gasteiger partial charge < -0.3 is 5.32 Å². The number of hydrogen-bond acceptors (Lipinski definition) is 2. The van der Waals surface area contributed by atoms with Gasteiger partial charge in [-0.2, -0.15) is 0 Å². The number of rotatable bonds is 3. The second kappa shape index (κ2) is 5.96. The van der Waals surface area contributed by atoms with Crippen LogP contribution in [0.3, 0.4) is 0 Å². The molecule has 3 heteroatoms. The van der Waals surface area contributed by atoms with Crippen LogP contribution in [0, 0.1) is 11.8 Å². The lowest BCUT2D eigenvalue weighted by Gasteiger charge is -2.33. The average molecular weight is 297 g/mol. The quantitative estimate of drug-likeness (QED) is 0.922. The van der Waals surface area contributed by atoms with Crippen molar-refractivity contribution in [2.45, 2.75) is 32.6 Å². The first-order chi connectivity index (χ1) is 8.16. The molecule has 94 valence electrons. The maximum absolute atomic E-state index is 4.58.